The topological polar surface area (TPSA) is 24.5 Å². The van der Waals surface area contributed by atoms with Crippen molar-refractivity contribution in [2.45, 2.75) is 13.8 Å². The van der Waals surface area contributed by atoms with Gasteiger partial charge in [-0.3, -0.25) is 0 Å². The molecule has 0 saturated heterocycles. The van der Waals surface area contributed by atoms with Gasteiger partial charge in [-0.1, -0.05) is 17.7 Å². The Morgan fingerprint density at radius 3 is 2.53 bits per heavy atom. The zero-order valence-corrected chi connectivity index (χ0v) is 11.5. The lowest BCUT2D eigenvalue weighted by Gasteiger charge is -2.24. The zero-order valence-electron chi connectivity index (χ0n) is 10.7. The fourth-order valence-corrected chi connectivity index (χ4v) is 1.86. The van der Waals surface area contributed by atoms with Gasteiger partial charge in [0.15, 0.2) is 5.11 Å². The predicted molar refractivity (Wildman–Crippen MR) is 76.7 cm³/mol. The highest BCUT2D eigenvalue weighted by atomic mass is 32.1. The van der Waals surface area contributed by atoms with Crippen molar-refractivity contribution in [3.05, 3.63) is 29.8 Å². The molecule has 0 fully saturated rings. The first kappa shape index (κ1) is 13.9. The van der Waals surface area contributed by atoms with Crippen molar-refractivity contribution in [1.82, 2.24) is 5.32 Å². The van der Waals surface area contributed by atoms with Crippen molar-refractivity contribution in [2.24, 2.45) is 0 Å². The van der Waals surface area contributed by atoms with Crippen LogP contribution in [-0.2, 0) is 4.74 Å². The van der Waals surface area contributed by atoms with E-state index in [0.29, 0.717) is 6.61 Å². The highest BCUT2D eigenvalue weighted by Crippen LogP contribution is 2.14. The third-order valence-corrected chi connectivity index (χ3v) is 2.85. The van der Waals surface area contributed by atoms with Gasteiger partial charge in [-0.2, -0.15) is 0 Å². The standard InChI is InChI=1S/C13H20N2OS/c1-4-15(13(17)14-9-10-16-3)12-7-5-11(2)6-8-12/h5-8H,4,9-10H2,1-3H3,(H,14,17). The molecule has 4 heteroatoms. The van der Waals surface area contributed by atoms with Crippen LogP contribution in [0.2, 0.25) is 0 Å². The second-order valence-corrected chi connectivity index (χ2v) is 4.19. The molecule has 0 amide bonds. The van der Waals surface area contributed by atoms with Crippen molar-refractivity contribution >= 4 is 23.0 Å². The van der Waals surface area contributed by atoms with Crippen LogP contribution in [0.1, 0.15) is 12.5 Å². The van der Waals surface area contributed by atoms with E-state index in [2.05, 4.69) is 48.3 Å². The smallest absolute Gasteiger partial charge is 0.173 e. The lowest BCUT2D eigenvalue weighted by molar-refractivity contribution is 0.204. The van der Waals surface area contributed by atoms with Crippen LogP contribution in [0, 0.1) is 6.92 Å². The Balaban J connectivity index is 2.64. The van der Waals surface area contributed by atoms with Crippen LogP contribution in [0.5, 0.6) is 0 Å². The summed E-state index contributed by atoms with van der Waals surface area (Å²) in [7, 11) is 1.68. The fourth-order valence-electron chi connectivity index (χ4n) is 1.52. The number of nitrogens with zero attached hydrogens (tertiary/aromatic N) is 1. The normalized spacial score (nSPS) is 10.1. The largest absolute Gasteiger partial charge is 0.383 e. The van der Waals surface area contributed by atoms with Gasteiger partial charge in [0.25, 0.3) is 0 Å². The molecule has 0 spiro atoms. The van der Waals surface area contributed by atoms with Crippen LogP contribution >= 0.6 is 12.2 Å². The monoisotopic (exact) mass is 252 g/mol. The van der Waals surface area contributed by atoms with E-state index in [9.17, 15) is 0 Å². The van der Waals surface area contributed by atoms with Gasteiger partial charge in [-0.25, -0.2) is 0 Å². The average molecular weight is 252 g/mol. The number of hydrogen-bond donors (Lipinski definition) is 1. The van der Waals surface area contributed by atoms with E-state index in [4.69, 9.17) is 17.0 Å². The number of thiocarbonyl (C=S) groups is 1. The maximum absolute atomic E-state index is 5.36. The van der Waals surface area contributed by atoms with Crippen molar-refractivity contribution in [3.8, 4) is 0 Å². The lowest BCUT2D eigenvalue weighted by atomic mass is 10.2. The molecule has 1 N–H and O–H groups in total. The van der Waals surface area contributed by atoms with E-state index < -0.39 is 0 Å². The number of anilines is 1. The molecule has 1 aromatic carbocycles. The Morgan fingerprint density at radius 2 is 2.00 bits per heavy atom. The van der Waals surface area contributed by atoms with Crippen LogP contribution in [0.4, 0.5) is 5.69 Å². The average Bonchev–Trinajstić information content (AvgIpc) is 2.33. The number of ether oxygens (including phenoxy) is 1. The van der Waals surface area contributed by atoms with Crippen molar-refractivity contribution in [2.75, 3.05) is 31.7 Å². The van der Waals surface area contributed by atoms with Crippen LogP contribution in [-0.4, -0.2) is 31.9 Å². The third-order valence-electron chi connectivity index (χ3n) is 2.49. The molecule has 94 valence electrons. The quantitative estimate of drug-likeness (QED) is 0.642. The molecular weight excluding hydrogens is 232 g/mol. The number of rotatable bonds is 5. The summed E-state index contributed by atoms with van der Waals surface area (Å²) >= 11 is 5.36. The summed E-state index contributed by atoms with van der Waals surface area (Å²) in [5, 5.41) is 3.92. The summed E-state index contributed by atoms with van der Waals surface area (Å²) in [6, 6.07) is 8.36. The van der Waals surface area contributed by atoms with Gasteiger partial charge in [-0.05, 0) is 38.2 Å². The maximum atomic E-state index is 5.36. The van der Waals surface area contributed by atoms with Crippen LogP contribution < -0.4 is 10.2 Å². The van der Waals surface area contributed by atoms with Crippen LogP contribution in [0.25, 0.3) is 0 Å². The molecule has 3 nitrogen and oxygen atoms in total. The first-order valence-corrected chi connectivity index (χ1v) is 6.20. The molecule has 1 aromatic rings. The zero-order chi connectivity index (χ0) is 12.7. The molecule has 0 aliphatic heterocycles. The van der Waals surface area contributed by atoms with E-state index in [1.54, 1.807) is 7.11 Å². The molecule has 0 unspecified atom stereocenters. The fraction of sp³-hybridized carbons (Fsp3) is 0.462. The molecule has 0 aliphatic carbocycles. The summed E-state index contributed by atoms with van der Waals surface area (Å²) in [4.78, 5) is 2.07. The Hall–Kier alpha value is -1.13. The Bertz CT molecular complexity index is 351. The molecule has 0 heterocycles. The Kier molecular flexibility index (Phi) is 5.94. The summed E-state index contributed by atoms with van der Waals surface area (Å²) in [5.41, 5.74) is 2.37. The second kappa shape index (κ2) is 7.25. The van der Waals surface area contributed by atoms with E-state index in [0.717, 1.165) is 23.9 Å². The van der Waals surface area contributed by atoms with E-state index in [1.165, 1.54) is 5.56 Å². The minimum atomic E-state index is 0.658. The van der Waals surface area contributed by atoms with Gasteiger partial charge < -0.3 is 15.0 Å². The SMILES string of the molecule is CCN(C(=S)NCCOC)c1ccc(C)cc1. The second-order valence-electron chi connectivity index (χ2n) is 3.80. The molecule has 1 rings (SSSR count). The van der Waals surface area contributed by atoms with Gasteiger partial charge in [0.2, 0.25) is 0 Å². The summed E-state index contributed by atoms with van der Waals surface area (Å²) in [6.45, 7) is 6.41. The molecule has 17 heavy (non-hydrogen) atoms. The van der Waals surface area contributed by atoms with Crippen LogP contribution in [0.3, 0.4) is 0 Å². The summed E-state index contributed by atoms with van der Waals surface area (Å²) in [6.07, 6.45) is 0. The maximum Gasteiger partial charge on any atom is 0.173 e. The first-order chi connectivity index (χ1) is 8.19. The molecule has 0 aliphatic rings. The van der Waals surface area contributed by atoms with Gasteiger partial charge in [-0.15, -0.1) is 0 Å². The van der Waals surface area contributed by atoms with E-state index in [-0.39, 0.29) is 0 Å². The van der Waals surface area contributed by atoms with Crippen molar-refractivity contribution in [3.63, 3.8) is 0 Å². The number of methoxy groups -OCH3 is 1. The first-order valence-electron chi connectivity index (χ1n) is 5.80. The molecule has 0 bridgehead atoms. The van der Waals surface area contributed by atoms with Crippen molar-refractivity contribution in [1.29, 1.82) is 0 Å². The molecule has 0 atom stereocenters. The third kappa shape index (κ3) is 4.32. The molecule has 0 saturated carbocycles. The number of nitrogens with one attached hydrogen (secondary N) is 1. The van der Waals surface area contributed by atoms with Crippen molar-refractivity contribution < 1.29 is 4.74 Å². The Labute approximate surface area is 109 Å². The van der Waals surface area contributed by atoms with Gasteiger partial charge >= 0.3 is 0 Å². The number of hydrogen-bond acceptors (Lipinski definition) is 2. The van der Waals surface area contributed by atoms with E-state index in [1.807, 2.05) is 0 Å². The minimum Gasteiger partial charge on any atom is -0.383 e. The highest BCUT2D eigenvalue weighted by molar-refractivity contribution is 7.80. The van der Waals surface area contributed by atoms with E-state index >= 15 is 0 Å². The van der Waals surface area contributed by atoms with Gasteiger partial charge in [0, 0.05) is 25.9 Å². The van der Waals surface area contributed by atoms with Crippen LogP contribution in [0.15, 0.2) is 24.3 Å². The summed E-state index contributed by atoms with van der Waals surface area (Å²) in [5.74, 6) is 0. The lowest BCUT2D eigenvalue weighted by Crippen LogP contribution is -2.41. The van der Waals surface area contributed by atoms with Gasteiger partial charge in [0.1, 0.15) is 0 Å². The summed E-state index contributed by atoms with van der Waals surface area (Å²) < 4.78 is 4.99. The number of aryl methyl sites for hydroxylation is 1. The minimum absolute atomic E-state index is 0.658. The molecular formula is C13H20N2OS. The molecule has 0 aromatic heterocycles. The molecule has 0 radical (unpaired) electrons. The van der Waals surface area contributed by atoms with Gasteiger partial charge in [0.05, 0.1) is 6.61 Å². The predicted octanol–water partition coefficient (Wildman–Crippen LogP) is 2.34. The number of benzene rings is 1. The highest BCUT2D eigenvalue weighted by Gasteiger charge is 2.08. The Morgan fingerprint density at radius 1 is 1.35 bits per heavy atom.